The van der Waals surface area contributed by atoms with Crippen molar-refractivity contribution >= 4 is 32.9 Å². The first-order valence-electron chi connectivity index (χ1n) is 10.8. The largest absolute Gasteiger partial charge is 0.465 e. The van der Waals surface area contributed by atoms with E-state index >= 15 is 0 Å². The number of aromatic nitrogens is 2. The van der Waals surface area contributed by atoms with E-state index in [0.717, 1.165) is 16.9 Å². The van der Waals surface area contributed by atoms with Crippen molar-refractivity contribution in [2.75, 3.05) is 13.2 Å². The number of nitrogens with one attached hydrogen (secondary N) is 1. The van der Waals surface area contributed by atoms with Crippen LogP contribution in [-0.2, 0) is 33.0 Å². The second-order valence-electron chi connectivity index (χ2n) is 8.05. The number of benzene rings is 2. The molecule has 10 heteroatoms. The summed E-state index contributed by atoms with van der Waals surface area (Å²) in [6.07, 6.45) is 1.61. The molecule has 174 valence electrons. The number of hydrogen-bond donors (Lipinski definition) is 2. The number of nitrogens with two attached hydrogens (primary N) is 1. The monoisotopic (exact) mass is 469 g/mol. The molecule has 1 aliphatic heterocycles. The quantitative estimate of drug-likeness (QED) is 0.310. The molecule has 1 atom stereocenters. The number of esters is 1. The SMILES string of the molecule is CCOC(=O)C1CCCN1S(=O)(=O)c1ccc2c(c1)nc(Cc1ccc(C(=N)N)cc1)n2C. The van der Waals surface area contributed by atoms with Gasteiger partial charge < -0.3 is 15.0 Å². The molecule has 33 heavy (non-hydrogen) atoms. The number of rotatable bonds is 7. The van der Waals surface area contributed by atoms with Gasteiger partial charge in [0.1, 0.15) is 17.7 Å². The molecule has 1 saturated heterocycles. The van der Waals surface area contributed by atoms with Crippen molar-refractivity contribution in [1.82, 2.24) is 13.9 Å². The number of amidine groups is 1. The maximum absolute atomic E-state index is 13.3. The van der Waals surface area contributed by atoms with Gasteiger partial charge in [-0.2, -0.15) is 4.31 Å². The van der Waals surface area contributed by atoms with Crippen molar-refractivity contribution in [2.45, 2.75) is 37.1 Å². The molecule has 1 aliphatic rings. The Morgan fingerprint density at radius 2 is 1.97 bits per heavy atom. The third kappa shape index (κ3) is 4.36. The lowest BCUT2D eigenvalue weighted by Crippen LogP contribution is -2.41. The first-order valence-corrected chi connectivity index (χ1v) is 12.2. The number of carbonyl (C=O) groups excluding carboxylic acids is 1. The summed E-state index contributed by atoms with van der Waals surface area (Å²) in [5, 5.41) is 7.51. The van der Waals surface area contributed by atoms with Crippen molar-refractivity contribution in [3.63, 3.8) is 0 Å². The Balaban J connectivity index is 1.63. The molecule has 2 aromatic carbocycles. The van der Waals surface area contributed by atoms with Gasteiger partial charge >= 0.3 is 5.97 Å². The van der Waals surface area contributed by atoms with Gasteiger partial charge in [0, 0.05) is 25.6 Å². The Labute approximate surface area is 192 Å². The average Bonchev–Trinajstić information content (AvgIpc) is 3.40. The highest BCUT2D eigenvalue weighted by molar-refractivity contribution is 7.89. The zero-order valence-electron chi connectivity index (χ0n) is 18.6. The number of hydrogen-bond acceptors (Lipinski definition) is 6. The Hall–Kier alpha value is -3.24. The van der Waals surface area contributed by atoms with Crippen LogP contribution < -0.4 is 5.73 Å². The predicted molar refractivity (Wildman–Crippen MR) is 125 cm³/mol. The van der Waals surface area contributed by atoms with E-state index in [1.54, 1.807) is 37.3 Å². The number of carbonyl (C=O) groups is 1. The normalized spacial score (nSPS) is 16.8. The van der Waals surface area contributed by atoms with E-state index < -0.39 is 22.0 Å². The average molecular weight is 470 g/mol. The fourth-order valence-electron chi connectivity index (χ4n) is 4.17. The number of aryl methyl sites for hydroxylation is 1. The van der Waals surface area contributed by atoms with E-state index in [2.05, 4.69) is 4.98 Å². The van der Waals surface area contributed by atoms with Gasteiger partial charge in [0.05, 0.1) is 22.5 Å². The Morgan fingerprint density at radius 1 is 1.24 bits per heavy atom. The Morgan fingerprint density at radius 3 is 2.64 bits per heavy atom. The molecule has 0 amide bonds. The summed E-state index contributed by atoms with van der Waals surface area (Å²) in [7, 11) is -1.98. The van der Waals surface area contributed by atoms with Gasteiger partial charge in [-0.25, -0.2) is 13.4 Å². The summed E-state index contributed by atoms with van der Waals surface area (Å²) in [4.78, 5) is 17.0. The van der Waals surface area contributed by atoms with Crippen LogP contribution in [0.15, 0.2) is 47.4 Å². The van der Waals surface area contributed by atoms with E-state index in [4.69, 9.17) is 15.9 Å². The van der Waals surface area contributed by atoms with Crippen LogP contribution in [0.5, 0.6) is 0 Å². The van der Waals surface area contributed by atoms with Crippen LogP contribution >= 0.6 is 0 Å². The Bertz CT molecular complexity index is 1310. The van der Waals surface area contributed by atoms with Gasteiger partial charge in [-0.15, -0.1) is 0 Å². The minimum atomic E-state index is -3.87. The van der Waals surface area contributed by atoms with E-state index in [0.29, 0.717) is 30.3 Å². The number of sulfonamides is 1. The third-order valence-corrected chi connectivity index (χ3v) is 7.85. The van der Waals surface area contributed by atoms with Crippen molar-refractivity contribution in [2.24, 2.45) is 12.8 Å². The van der Waals surface area contributed by atoms with Crippen LogP contribution in [0.4, 0.5) is 0 Å². The van der Waals surface area contributed by atoms with Crippen LogP contribution in [-0.4, -0.2) is 53.3 Å². The second kappa shape index (κ2) is 8.95. The molecule has 9 nitrogen and oxygen atoms in total. The van der Waals surface area contributed by atoms with Crippen LogP contribution in [0.2, 0.25) is 0 Å². The fraction of sp³-hybridized carbons (Fsp3) is 0.348. The highest BCUT2D eigenvalue weighted by Gasteiger charge is 2.40. The summed E-state index contributed by atoms with van der Waals surface area (Å²) in [6.45, 7) is 2.20. The first kappa shape index (κ1) is 22.9. The maximum Gasteiger partial charge on any atom is 0.324 e. The van der Waals surface area contributed by atoms with Gasteiger partial charge in [0.15, 0.2) is 0 Å². The summed E-state index contributed by atoms with van der Waals surface area (Å²) >= 11 is 0. The first-order chi connectivity index (χ1) is 15.7. The summed E-state index contributed by atoms with van der Waals surface area (Å²) in [6, 6.07) is 11.5. The van der Waals surface area contributed by atoms with Crippen LogP contribution in [0.25, 0.3) is 11.0 Å². The lowest BCUT2D eigenvalue weighted by molar-refractivity contribution is -0.146. The molecular formula is C23H27N5O4S. The standard InChI is InChI=1S/C23H27N5O4S/c1-3-32-23(29)20-5-4-12-28(20)33(30,31)17-10-11-19-18(14-17)26-21(27(19)2)13-15-6-8-16(9-7-15)22(24)25/h6-11,14,20H,3-5,12-13H2,1-2H3,(H3,24,25). The number of nitrogens with zero attached hydrogens (tertiary/aromatic N) is 3. The van der Waals surface area contributed by atoms with Gasteiger partial charge in [-0.3, -0.25) is 10.2 Å². The van der Waals surface area contributed by atoms with E-state index in [1.807, 2.05) is 23.7 Å². The topological polar surface area (TPSA) is 131 Å². The van der Waals surface area contributed by atoms with Gasteiger partial charge in [0.25, 0.3) is 0 Å². The minimum absolute atomic E-state index is 0.0150. The molecule has 3 aromatic rings. The molecule has 3 N–H and O–H groups in total. The van der Waals surface area contributed by atoms with Gasteiger partial charge in [-0.1, -0.05) is 24.3 Å². The summed E-state index contributed by atoms with van der Waals surface area (Å²) in [5.74, 6) is 0.289. The molecule has 1 fully saturated rings. The number of ether oxygens (including phenoxy) is 1. The molecule has 0 spiro atoms. The smallest absolute Gasteiger partial charge is 0.324 e. The molecular weight excluding hydrogens is 442 g/mol. The van der Waals surface area contributed by atoms with Crippen molar-refractivity contribution in [1.29, 1.82) is 5.41 Å². The zero-order valence-corrected chi connectivity index (χ0v) is 19.4. The van der Waals surface area contributed by atoms with E-state index in [9.17, 15) is 13.2 Å². The van der Waals surface area contributed by atoms with Gasteiger partial charge in [-0.05, 0) is 43.5 Å². The zero-order chi connectivity index (χ0) is 23.8. The number of imidazole rings is 1. The van der Waals surface area contributed by atoms with Crippen LogP contribution in [0.1, 0.15) is 36.7 Å². The second-order valence-corrected chi connectivity index (χ2v) is 9.94. The van der Waals surface area contributed by atoms with Gasteiger partial charge in [0.2, 0.25) is 10.0 Å². The molecule has 0 aliphatic carbocycles. The molecule has 1 aromatic heterocycles. The van der Waals surface area contributed by atoms with Crippen molar-refractivity contribution in [3.8, 4) is 0 Å². The molecule has 1 unspecified atom stereocenters. The summed E-state index contributed by atoms with van der Waals surface area (Å²) in [5.41, 5.74) is 8.55. The molecule has 2 heterocycles. The fourth-order valence-corrected chi connectivity index (χ4v) is 5.84. The van der Waals surface area contributed by atoms with Crippen LogP contribution in [0.3, 0.4) is 0 Å². The maximum atomic E-state index is 13.3. The van der Waals surface area contributed by atoms with E-state index in [-0.39, 0.29) is 23.9 Å². The van der Waals surface area contributed by atoms with Crippen molar-refractivity contribution < 1.29 is 17.9 Å². The molecule has 0 radical (unpaired) electrons. The third-order valence-electron chi connectivity index (χ3n) is 5.94. The van der Waals surface area contributed by atoms with Crippen molar-refractivity contribution in [3.05, 3.63) is 59.4 Å². The van der Waals surface area contributed by atoms with E-state index in [1.165, 1.54) is 4.31 Å². The number of nitrogen functional groups attached to an aromatic ring is 1. The summed E-state index contributed by atoms with van der Waals surface area (Å²) < 4.78 is 34.9. The Kier molecular flexibility index (Phi) is 6.22. The lowest BCUT2D eigenvalue weighted by Gasteiger charge is -2.22. The minimum Gasteiger partial charge on any atom is -0.465 e. The number of fused-ring (bicyclic) bond motifs is 1. The highest BCUT2D eigenvalue weighted by Crippen LogP contribution is 2.29. The van der Waals surface area contributed by atoms with Crippen LogP contribution in [0, 0.1) is 5.41 Å². The predicted octanol–water partition coefficient (Wildman–Crippen LogP) is 2.16. The molecule has 4 rings (SSSR count). The highest BCUT2D eigenvalue weighted by atomic mass is 32.2. The molecule has 0 bridgehead atoms. The molecule has 0 saturated carbocycles. The lowest BCUT2D eigenvalue weighted by atomic mass is 10.1.